The van der Waals surface area contributed by atoms with Gasteiger partial charge in [0.15, 0.2) is 6.61 Å². The van der Waals surface area contributed by atoms with Crippen molar-refractivity contribution in [1.29, 1.82) is 0 Å². The highest BCUT2D eigenvalue weighted by atomic mass is 32.2. The molecule has 0 saturated carbocycles. The standard InChI is InChI=1S/C42H38N3O8PS/c1-42(2,3)53-40(48)38(54(32-18-10-5-11-19-32,33-20-12-6-13-21-33)34-22-14-7-15-23-34)44-37(47)36(43-35(46)28-52-31-16-8-4-9-17-31)39(44)55-41(49)29-24-26-30(27-25-29)45(50)51/h4-27,36,39H,28H2,1-3H3,(H,43,46)/t36-,39-/m0/s1. The fraction of sp³-hybridized carbons (Fsp3) is 0.167. The number of ether oxygens (including phenoxy) is 2. The van der Waals surface area contributed by atoms with Crippen LogP contribution >= 0.6 is 18.6 Å². The number of benzene rings is 5. The molecule has 280 valence electrons. The molecule has 1 aliphatic heterocycles. The Morgan fingerprint density at radius 2 is 1.24 bits per heavy atom. The van der Waals surface area contributed by atoms with Gasteiger partial charge in [-0.2, -0.15) is 0 Å². The lowest BCUT2D eigenvalue weighted by Crippen LogP contribution is -2.73. The zero-order valence-corrected chi connectivity index (χ0v) is 31.9. The number of nitro groups is 1. The van der Waals surface area contributed by atoms with E-state index in [2.05, 4.69) is 5.32 Å². The molecule has 1 N–H and O–H groups in total. The highest BCUT2D eigenvalue weighted by Crippen LogP contribution is 2.50. The molecule has 11 nitrogen and oxygen atoms in total. The molecule has 1 saturated heterocycles. The summed E-state index contributed by atoms with van der Waals surface area (Å²) in [7, 11) is 0. The van der Waals surface area contributed by atoms with Gasteiger partial charge in [-0.1, -0.05) is 121 Å². The minimum Gasteiger partial charge on any atom is -0.484 e. The second-order valence-electron chi connectivity index (χ2n) is 13.5. The van der Waals surface area contributed by atoms with Crippen LogP contribution in [0.1, 0.15) is 31.1 Å². The number of likely N-dealkylation sites (tertiary alicyclic amines) is 1. The average Bonchev–Trinajstić information content (AvgIpc) is 3.19. The number of rotatable bonds is 12. The largest absolute Gasteiger partial charge is 0.484 e. The Balaban J connectivity index is 1.56. The molecule has 5 aromatic carbocycles. The van der Waals surface area contributed by atoms with Gasteiger partial charge in [-0.15, -0.1) is 0 Å². The first-order chi connectivity index (χ1) is 26.4. The summed E-state index contributed by atoms with van der Waals surface area (Å²) in [4.78, 5) is 69.2. The maximum absolute atomic E-state index is 15.0. The number of carbonyl (C=O) groups excluding carboxylic acids is 4. The molecule has 2 amide bonds. The Morgan fingerprint density at radius 1 is 0.764 bits per heavy atom. The number of β-lactam (4-membered cyclic amide) rings is 1. The quantitative estimate of drug-likeness (QED) is 0.0558. The Labute approximate surface area is 322 Å². The molecule has 1 aliphatic rings. The topological polar surface area (TPSA) is 145 Å². The van der Waals surface area contributed by atoms with Crippen LogP contribution in [0.5, 0.6) is 5.75 Å². The molecule has 0 bridgehead atoms. The third-order valence-corrected chi connectivity index (χ3v) is 14.0. The maximum atomic E-state index is 15.0. The van der Waals surface area contributed by atoms with Crippen LogP contribution in [-0.4, -0.2) is 61.8 Å². The lowest BCUT2D eigenvalue weighted by Gasteiger charge is -2.49. The van der Waals surface area contributed by atoms with Crippen LogP contribution in [0.4, 0.5) is 5.69 Å². The highest BCUT2D eigenvalue weighted by molar-refractivity contribution is 8.14. The van der Waals surface area contributed by atoms with Crippen LogP contribution in [0.25, 0.3) is 0 Å². The molecule has 2 atom stereocenters. The molecule has 5 aromatic rings. The van der Waals surface area contributed by atoms with E-state index in [-0.39, 0.29) is 16.7 Å². The van der Waals surface area contributed by atoms with Crippen LogP contribution < -0.4 is 26.0 Å². The molecule has 0 unspecified atom stereocenters. The van der Waals surface area contributed by atoms with E-state index in [4.69, 9.17) is 9.47 Å². The summed E-state index contributed by atoms with van der Waals surface area (Å²) in [6, 6.07) is 40.7. The molecule has 0 radical (unpaired) electrons. The van der Waals surface area contributed by atoms with Crippen LogP contribution in [0.3, 0.4) is 0 Å². The van der Waals surface area contributed by atoms with E-state index in [1.807, 2.05) is 91.0 Å². The number of amides is 2. The molecule has 0 aromatic heterocycles. The van der Waals surface area contributed by atoms with E-state index in [1.165, 1.54) is 29.2 Å². The minimum atomic E-state index is -3.34. The second-order valence-corrected chi connectivity index (χ2v) is 17.9. The van der Waals surface area contributed by atoms with Gasteiger partial charge in [0.1, 0.15) is 28.2 Å². The predicted molar refractivity (Wildman–Crippen MR) is 216 cm³/mol. The van der Waals surface area contributed by atoms with Crippen molar-refractivity contribution in [3.05, 3.63) is 161 Å². The number of non-ortho nitro benzene ring substituents is 1. The van der Waals surface area contributed by atoms with Gasteiger partial charge in [0.2, 0.25) is 5.12 Å². The van der Waals surface area contributed by atoms with E-state index in [0.29, 0.717) is 5.75 Å². The monoisotopic (exact) mass is 775 g/mol. The Bertz CT molecular complexity index is 2150. The molecule has 1 fully saturated rings. The summed E-state index contributed by atoms with van der Waals surface area (Å²) in [6.45, 7) is 1.44. The van der Waals surface area contributed by atoms with Gasteiger partial charge >= 0.3 is 5.97 Å². The van der Waals surface area contributed by atoms with Crippen molar-refractivity contribution in [2.75, 3.05) is 6.61 Å². The number of nitrogens with one attached hydrogen (secondary N) is 1. The van der Waals surface area contributed by atoms with Crippen molar-refractivity contribution in [1.82, 2.24) is 10.2 Å². The number of carbonyl (C=O) groups is 4. The lowest BCUT2D eigenvalue weighted by molar-refractivity contribution is -0.384. The van der Waals surface area contributed by atoms with Crippen LogP contribution in [-0.2, 0) is 19.1 Å². The predicted octanol–water partition coefficient (Wildman–Crippen LogP) is 5.67. The van der Waals surface area contributed by atoms with Gasteiger partial charge in [0.25, 0.3) is 17.5 Å². The van der Waals surface area contributed by atoms with E-state index in [9.17, 15) is 24.5 Å². The second kappa shape index (κ2) is 16.6. The van der Waals surface area contributed by atoms with E-state index < -0.39 is 58.3 Å². The zero-order valence-electron chi connectivity index (χ0n) is 30.2. The number of hydrogen-bond acceptors (Lipinski definition) is 9. The van der Waals surface area contributed by atoms with Gasteiger partial charge < -0.3 is 14.8 Å². The Morgan fingerprint density at radius 3 is 1.69 bits per heavy atom. The van der Waals surface area contributed by atoms with Crippen molar-refractivity contribution < 1.29 is 33.6 Å². The fourth-order valence-corrected chi connectivity index (χ4v) is 11.8. The summed E-state index contributed by atoms with van der Waals surface area (Å²) >= 11 is 0.725. The van der Waals surface area contributed by atoms with E-state index in [0.717, 1.165) is 27.7 Å². The van der Waals surface area contributed by atoms with E-state index >= 15 is 4.79 Å². The lowest BCUT2D eigenvalue weighted by atomic mass is 10.1. The Kier molecular flexibility index (Phi) is 11.7. The number of para-hydroxylation sites is 1. The molecule has 0 aliphatic carbocycles. The normalized spacial score (nSPS) is 15.3. The van der Waals surface area contributed by atoms with Crippen molar-refractivity contribution >= 4 is 68.6 Å². The number of thioether (sulfide) groups is 1. The molecular formula is C42H38N3O8PS. The van der Waals surface area contributed by atoms with Gasteiger partial charge in [-0.3, -0.25) is 29.4 Å². The van der Waals surface area contributed by atoms with Crippen molar-refractivity contribution in [2.45, 2.75) is 37.8 Å². The van der Waals surface area contributed by atoms with Gasteiger partial charge in [0, 0.05) is 24.6 Å². The van der Waals surface area contributed by atoms with Gasteiger partial charge in [0.05, 0.1) is 4.92 Å². The first kappa shape index (κ1) is 38.7. The summed E-state index contributed by atoms with van der Waals surface area (Å²) < 4.78 is 11.8. The molecule has 6 rings (SSSR count). The summed E-state index contributed by atoms with van der Waals surface area (Å²) in [5.74, 6) is -1.57. The Hall–Kier alpha value is -5.97. The molecule has 55 heavy (non-hydrogen) atoms. The molecule has 13 heteroatoms. The zero-order chi connectivity index (χ0) is 39.2. The fourth-order valence-electron chi connectivity index (χ4n) is 6.21. The first-order valence-corrected chi connectivity index (χ1v) is 20.0. The smallest absolute Gasteiger partial charge is 0.356 e. The third kappa shape index (κ3) is 8.41. The summed E-state index contributed by atoms with van der Waals surface area (Å²) in [6.07, 6.45) is 0. The van der Waals surface area contributed by atoms with Crippen molar-refractivity contribution in [3.63, 3.8) is 0 Å². The van der Waals surface area contributed by atoms with Crippen LogP contribution in [0, 0.1) is 10.1 Å². The highest BCUT2D eigenvalue weighted by Gasteiger charge is 2.56. The van der Waals surface area contributed by atoms with Gasteiger partial charge in [-0.05, 0) is 61.0 Å². The molecule has 0 spiro atoms. The number of nitrogens with zero attached hydrogens (tertiary/aromatic N) is 2. The average molecular weight is 776 g/mol. The number of hydrogen-bond donors (Lipinski definition) is 1. The first-order valence-electron chi connectivity index (χ1n) is 17.3. The number of esters is 1. The van der Waals surface area contributed by atoms with Crippen LogP contribution in [0.15, 0.2) is 146 Å². The van der Waals surface area contributed by atoms with Gasteiger partial charge in [-0.25, -0.2) is 4.79 Å². The third-order valence-electron chi connectivity index (χ3n) is 8.57. The summed E-state index contributed by atoms with van der Waals surface area (Å²) in [5.41, 5.74) is -1.04. The van der Waals surface area contributed by atoms with Crippen molar-refractivity contribution in [2.24, 2.45) is 0 Å². The minimum absolute atomic E-state index is 0.0241. The number of nitro benzene ring substituents is 1. The maximum Gasteiger partial charge on any atom is 0.356 e. The van der Waals surface area contributed by atoms with E-state index in [1.54, 1.807) is 51.1 Å². The van der Waals surface area contributed by atoms with Crippen LogP contribution in [0.2, 0.25) is 0 Å². The summed E-state index contributed by atoms with van der Waals surface area (Å²) in [5, 5.41) is 14.6. The SMILES string of the molecule is CC(C)(C)OC(=O)C(N1C(=O)[C@H](NC(=O)COc2ccccc2)[C@@H]1SC(=O)c1ccc([N+](=O)[O-])cc1)=P(c1ccccc1)(c1ccccc1)c1ccccc1. The molecular weight excluding hydrogens is 738 g/mol. The van der Waals surface area contributed by atoms with Crippen molar-refractivity contribution in [3.8, 4) is 5.75 Å². The molecule has 1 heterocycles.